The average molecular weight is 352 g/mol. The van der Waals surface area contributed by atoms with E-state index in [0.717, 1.165) is 31.9 Å². The molecule has 2 aliphatic rings. The molecule has 136 valence electrons. The Bertz CT molecular complexity index is 725. The van der Waals surface area contributed by atoms with Gasteiger partial charge in [0.05, 0.1) is 19.1 Å². The Labute approximate surface area is 153 Å². The topological polar surface area (TPSA) is 58.6 Å². The summed E-state index contributed by atoms with van der Waals surface area (Å²) in [4.78, 5) is 25.4. The Morgan fingerprint density at radius 3 is 2.92 bits per heavy atom. The van der Waals surface area contributed by atoms with Crippen LogP contribution in [0.3, 0.4) is 0 Å². The van der Waals surface area contributed by atoms with Crippen molar-refractivity contribution in [2.75, 3.05) is 32.8 Å². The quantitative estimate of drug-likeness (QED) is 0.832. The van der Waals surface area contributed by atoms with E-state index < -0.39 is 0 Å². The van der Waals surface area contributed by atoms with Gasteiger partial charge in [0.15, 0.2) is 0 Å². The van der Waals surface area contributed by atoms with Crippen LogP contribution in [0.1, 0.15) is 11.3 Å². The largest absolute Gasteiger partial charge is 0.375 e. The number of pyridine rings is 2. The second-order valence-corrected chi connectivity index (χ2v) is 7.06. The van der Waals surface area contributed by atoms with E-state index in [1.807, 2.05) is 35.4 Å². The molecule has 26 heavy (non-hydrogen) atoms. The molecule has 6 nitrogen and oxygen atoms in total. The number of nitrogens with zero attached hydrogens (tertiary/aromatic N) is 4. The van der Waals surface area contributed by atoms with Gasteiger partial charge in [-0.1, -0.05) is 12.1 Å². The van der Waals surface area contributed by atoms with Gasteiger partial charge in [-0.2, -0.15) is 0 Å². The lowest BCUT2D eigenvalue weighted by Gasteiger charge is -2.23. The number of carbonyl (C=O) groups excluding carboxylic acids is 1. The smallest absolute Gasteiger partial charge is 0.228 e. The maximum atomic E-state index is 12.6. The van der Waals surface area contributed by atoms with Crippen LogP contribution in [0.25, 0.3) is 0 Å². The number of ether oxygens (including phenoxy) is 1. The molecule has 2 saturated heterocycles. The number of rotatable bonds is 4. The lowest BCUT2D eigenvalue weighted by molar-refractivity contribution is -0.130. The number of likely N-dealkylation sites (tertiary alicyclic amines) is 1. The third-order valence-electron chi connectivity index (χ3n) is 5.15. The molecule has 0 aliphatic carbocycles. The van der Waals surface area contributed by atoms with Crippen LogP contribution in [-0.4, -0.2) is 64.6 Å². The van der Waals surface area contributed by atoms with Crippen molar-refractivity contribution < 1.29 is 9.53 Å². The van der Waals surface area contributed by atoms with Crippen LogP contribution < -0.4 is 0 Å². The highest BCUT2D eigenvalue weighted by atomic mass is 16.5. The van der Waals surface area contributed by atoms with Crippen molar-refractivity contribution in [3.63, 3.8) is 0 Å². The van der Waals surface area contributed by atoms with Gasteiger partial charge in [0.25, 0.3) is 0 Å². The normalized spacial score (nSPS) is 23.5. The molecule has 6 heteroatoms. The van der Waals surface area contributed by atoms with Gasteiger partial charge in [0, 0.05) is 62.9 Å². The first kappa shape index (κ1) is 17.1. The van der Waals surface area contributed by atoms with E-state index in [-0.39, 0.29) is 12.0 Å². The third kappa shape index (κ3) is 4.08. The minimum Gasteiger partial charge on any atom is -0.375 e. The van der Waals surface area contributed by atoms with Crippen LogP contribution in [0.4, 0.5) is 0 Å². The first-order valence-electron chi connectivity index (χ1n) is 9.18. The predicted octanol–water partition coefficient (Wildman–Crippen LogP) is 1.38. The summed E-state index contributed by atoms with van der Waals surface area (Å²) in [6.45, 7) is 4.92. The van der Waals surface area contributed by atoms with Crippen molar-refractivity contribution in [2.45, 2.75) is 19.1 Å². The molecule has 1 amide bonds. The first-order valence-corrected chi connectivity index (χ1v) is 9.18. The summed E-state index contributed by atoms with van der Waals surface area (Å²) >= 11 is 0. The van der Waals surface area contributed by atoms with Crippen molar-refractivity contribution in [3.05, 3.63) is 60.2 Å². The average Bonchev–Trinajstić information content (AvgIpc) is 2.97. The first-order chi connectivity index (χ1) is 12.8. The molecule has 2 aromatic heterocycles. The number of amides is 1. The Hall–Kier alpha value is -2.31. The summed E-state index contributed by atoms with van der Waals surface area (Å²) in [7, 11) is 0. The minimum absolute atomic E-state index is 0.138. The number of aromatic nitrogens is 2. The summed E-state index contributed by atoms with van der Waals surface area (Å²) < 4.78 is 6.06. The Morgan fingerprint density at radius 2 is 2.12 bits per heavy atom. The fourth-order valence-electron chi connectivity index (χ4n) is 3.83. The second-order valence-electron chi connectivity index (χ2n) is 7.06. The molecular weight excluding hydrogens is 328 g/mol. The zero-order valence-corrected chi connectivity index (χ0v) is 14.8. The van der Waals surface area contributed by atoms with Crippen LogP contribution >= 0.6 is 0 Å². The lowest BCUT2D eigenvalue weighted by atomic mass is 10.1. The van der Waals surface area contributed by atoms with Gasteiger partial charge < -0.3 is 9.64 Å². The van der Waals surface area contributed by atoms with Crippen molar-refractivity contribution in [1.82, 2.24) is 19.8 Å². The molecule has 2 fully saturated rings. The van der Waals surface area contributed by atoms with Gasteiger partial charge >= 0.3 is 0 Å². The molecule has 0 aromatic carbocycles. The summed E-state index contributed by atoms with van der Waals surface area (Å²) in [5, 5.41) is 0. The lowest BCUT2D eigenvalue weighted by Crippen LogP contribution is -2.34. The van der Waals surface area contributed by atoms with Crippen LogP contribution in [0, 0.1) is 5.92 Å². The van der Waals surface area contributed by atoms with Gasteiger partial charge in [0.2, 0.25) is 5.91 Å². The standard InChI is InChI=1S/C20H24N4O2/c25-20(10-18-5-1-2-7-22-18)24-14-17-13-23(8-9-26-19(17)15-24)12-16-4-3-6-21-11-16/h1-7,11,17,19H,8-10,12-15H2/t17-,19+/m1/s1. The van der Waals surface area contributed by atoms with Crippen molar-refractivity contribution in [1.29, 1.82) is 0 Å². The molecule has 0 bridgehead atoms. The van der Waals surface area contributed by atoms with E-state index in [4.69, 9.17) is 4.74 Å². The van der Waals surface area contributed by atoms with E-state index in [9.17, 15) is 4.79 Å². The summed E-state index contributed by atoms with van der Waals surface area (Å²) in [5.74, 6) is 0.501. The minimum atomic E-state index is 0.138. The second kappa shape index (κ2) is 7.93. The molecule has 2 aromatic rings. The number of carbonyl (C=O) groups is 1. The fraction of sp³-hybridized carbons (Fsp3) is 0.450. The zero-order valence-electron chi connectivity index (χ0n) is 14.8. The molecule has 0 unspecified atom stereocenters. The van der Waals surface area contributed by atoms with E-state index in [0.29, 0.717) is 25.5 Å². The third-order valence-corrected chi connectivity index (χ3v) is 5.15. The summed E-state index contributed by atoms with van der Waals surface area (Å²) in [5.41, 5.74) is 2.04. The van der Waals surface area contributed by atoms with E-state index in [1.54, 1.807) is 12.4 Å². The van der Waals surface area contributed by atoms with Crippen LogP contribution in [0.15, 0.2) is 48.9 Å². The molecule has 0 saturated carbocycles. The molecule has 0 radical (unpaired) electrons. The van der Waals surface area contributed by atoms with E-state index in [2.05, 4.69) is 20.9 Å². The van der Waals surface area contributed by atoms with Crippen LogP contribution in [-0.2, 0) is 22.5 Å². The van der Waals surface area contributed by atoms with Gasteiger partial charge in [-0.25, -0.2) is 0 Å². The number of hydrogen-bond acceptors (Lipinski definition) is 5. The Balaban J connectivity index is 1.36. The molecule has 2 aliphatic heterocycles. The zero-order chi connectivity index (χ0) is 17.8. The fourth-order valence-corrected chi connectivity index (χ4v) is 3.83. The highest BCUT2D eigenvalue weighted by Gasteiger charge is 2.38. The molecule has 2 atom stereocenters. The molecular formula is C20H24N4O2. The molecule has 4 rings (SSSR count). The van der Waals surface area contributed by atoms with Gasteiger partial charge in [-0.15, -0.1) is 0 Å². The highest BCUT2D eigenvalue weighted by Crippen LogP contribution is 2.25. The monoisotopic (exact) mass is 352 g/mol. The number of fused-ring (bicyclic) bond motifs is 1. The van der Waals surface area contributed by atoms with E-state index >= 15 is 0 Å². The van der Waals surface area contributed by atoms with Crippen molar-refractivity contribution in [2.24, 2.45) is 5.92 Å². The summed E-state index contributed by atoms with van der Waals surface area (Å²) in [6, 6.07) is 9.77. The maximum Gasteiger partial charge on any atom is 0.228 e. The maximum absolute atomic E-state index is 12.6. The van der Waals surface area contributed by atoms with Gasteiger partial charge in [-0.3, -0.25) is 19.7 Å². The number of hydrogen-bond donors (Lipinski definition) is 0. The highest BCUT2D eigenvalue weighted by molar-refractivity contribution is 5.78. The molecule has 4 heterocycles. The van der Waals surface area contributed by atoms with E-state index in [1.165, 1.54) is 5.56 Å². The van der Waals surface area contributed by atoms with Crippen molar-refractivity contribution >= 4 is 5.91 Å². The predicted molar refractivity (Wildman–Crippen MR) is 97.3 cm³/mol. The van der Waals surface area contributed by atoms with Crippen molar-refractivity contribution in [3.8, 4) is 0 Å². The van der Waals surface area contributed by atoms with Gasteiger partial charge in [0.1, 0.15) is 0 Å². The Kier molecular flexibility index (Phi) is 5.22. The molecule has 0 N–H and O–H groups in total. The van der Waals surface area contributed by atoms with Gasteiger partial charge in [-0.05, 0) is 23.8 Å². The van der Waals surface area contributed by atoms with Crippen LogP contribution in [0.2, 0.25) is 0 Å². The SMILES string of the molecule is O=C(Cc1ccccn1)N1C[C@H]2CN(Cc3cccnc3)CCO[C@H]2C1. The molecule has 0 spiro atoms. The Morgan fingerprint density at radius 1 is 1.15 bits per heavy atom. The van der Waals surface area contributed by atoms with Crippen LogP contribution in [0.5, 0.6) is 0 Å². The summed E-state index contributed by atoms with van der Waals surface area (Å²) in [6.07, 6.45) is 5.95.